The van der Waals surface area contributed by atoms with E-state index in [4.69, 9.17) is 0 Å². The number of hydrogen-bond donors (Lipinski definition) is 1. The van der Waals surface area contributed by atoms with E-state index < -0.39 is 0 Å². The molecule has 3 heterocycles. The lowest BCUT2D eigenvalue weighted by molar-refractivity contribution is 0.844. The molecule has 0 aliphatic heterocycles. The van der Waals surface area contributed by atoms with Crippen LogP contribution in [0.5, 0.6) is 0 Å². The van der Waals surface area contributed by atoms with Crippen LogP contribution >= 0.6 is 11.3 Å². The SMILES string of the molecule is c1cnc(-n2cncn2)c(NCc2nccs2)c1. The van der Waals surface area contributed by atoms with Crippen LogP contribution in [0.15, 0.2) is 42.6 Å². The van der Waals surface area contributed by atoms with Crippen LogP contribution in [0.2, 0.25) is 0 Å². The zero-order valence-electron chi connectivity index (χ0n) is 9.39. The number of hydrogen-bond acceptors (Lipinski definition) is 6. The molecule has 18 heavy (non-hydrogen) atoms. The minimum absolute atomic E-state index is 0.672. The third-order valence-electron chi connectivity index (χ3n) is 2.34. The summed E-state index contributed by atoms with van der Waals surface area (Å²) in [4.78, 5) is 12.5. The van der Waals surface area contributed by atoms with Crippen molar-refractivity contribution in [1.29, 1.82) is 0 Å². The van der Waals surface area contributed by atoms with Crippen LogP contribution in [0.3, 0.4) is 0 Å². The zero-order chi connectivity index (χ0) is 12.2. The Kier molecular flexibility index (Phi) is 2.97. The van der Waals surface area contributed by atoms with Gasteiger partial charge in [-0.05, 0) is 12.1 Å². The van der Waals surface area contributed by atoms with Crippen molar-refractivity contribution >= 4 is 17.0 Å². The van der Waals surface area contributed by atoms with Gasteiger partial charge in [0.1, 0.15) is 17.7 Å². The Morgan fingerprint density at radius 2 is 2.28 bits per heavy atom. The van der Waals surface area contributed by atoms with Crippen LogP contribution in [0, 0.1) is 0 Å². The first-order chi connectivity index (χ1) is 8.93. The predicted molar refractivity (Wildman–Crippen MR) is 68.6 cm³/mol. The molecule has 0 atom stereocenters. The van der Waals surface area contributed by atoms with E-state index in [0.29, 0.717) is 6.54 Å². The summed E-state index contributed by atoms with van der Waals surface area (Å²) in [5.74, 6) is 0.728. The van der Waals surface area contributed by atoms with Crippen LogP contribution in [-0.4, -0.2) is 24.7 Å². The Hall–Kier alpha value is -2.28. The number of nitrogens with zero attached hydrogens (tertiary/aromatic N) is 5. The summed E-state index contributed by atoms with van der Waals surface area (Å²) in [5.41, 5.74) is 0.901. The van der Waals surface area contributed by atoms with Gasteiger partial charge in [0.05, 0.1) is 12.2 Å². The number of aromatic nitrogens is 5. The largest absolute Gasteiger partial charge is 0.375 e. The molecule has 0 saturated carbocycles. The highest BCUT2D eigenvalue weighted by atomic mass is 32.1. The molecule has 0 bridgehead atoms. The lowest BCUT2D eigenvalue weighted by Gasteiger charge is -2.08. The van der Waals surface area contributed by atoms with Gasteiger partial charge >= 0.3 is 0 Å². The molecule has 0 unspecified atom stereocenters. The molecular weight excluding hydrogens is 248 g/mol. The molecule has 6 nitrogen and oxygen atoms in total. The maximum Gasteiger partial charge on any atom is 0.178 e. The van der Waals surface area contributed by atoms with Crippen molar-refractivity contribution in [3.05, 3.63) is 47.6 Å². The van der Waals surface area contributed by atoms with Crippen LogP contribution in [0.1, 0.15) is 5.01 Å². The Morgan fingerprint density at radius 1 is 1.28 bits per heavy atom. The molecular formula is C11H10N6S. The third kappa shape index (κ3) is 2.21. The highest BCUT2D eigenvalue weighted by Gasteiger charge is 2.06. The quantitative estimate of drug-likeness (QED) is 0.772. The molecule has 0 aliphatic rings. The molecule has 0 saturated heterocycles. The summed E-state index contributed by atoms with van der Waals surface area (Å²) < 4.78 is 1.63. The Morgan fingerprint density at radius 3 is 3.06 bits per heavy atom. The lowest BCUT2D eigenvalue weighted by Crippen LogP contribution is -2.06. The fraction of sp³-hybridized carbons (Fsp3) is 0.0909. The van der Waals surface area contributed by atoms with Gasteiger partial charge in [0, 0.05) is 17.8 Å². The van der Waals surface area contributed by atoms with Gasteiger partial charge in [-0.1, -0.05) is 0 Å². The molecule has 0 amide bonds. The van der Waals surface area contributed by atoms with Gasteiger partial charge < -0.3 is 5.32 Å². The van der Waals surface area contributed by atoms with Gasteiger partial charge in [-0.15, -0.1) is 11.3 Å². The first kappa shape index (κ1) is 10.8. The summed E-state index contributed by atoms with van der Waals surface area (Å²) >= 11 is 1.62. The van der Waals surface area contributed by atoms with E-state index in [2.05, 4.69) is 25.4 Å². The predicted octanol–water partition coefficient (Wildman–Crippen LogP) is 1.73. The number of thiazole rings is 1. The first-order valence-electron chi connectivity index (χ1n) is 5.36. The van der Waals surface area contributed by atoms with Gasteiger partial charge in [-0.25, -0.2) is 19.6 Å². The molecule has 3 aromatic heterocycles. The summed E-state index contributed by atoms with van der Waals surface area (Å²) in [7, 11) is 0. The van der Waals surface area contributed by atoms with Crippen LogP contribution in [-0.2, 0) is 6.54 Å². The van der Waals surface area contributed by atoms with E-state index in [0.717, 1.165) is 16.5 Å². The number of pyridine rings is 1. The Balaban J connectivity index is 1.84. The molecule has 3 aromatic rings. The lowest BCUT2D eigenvalue weighted by atomic mass is 10.4. The monoisotopic (exact) mass is 258 g/mol. The van der Waals surface area contributed by atoms with Crippen molar-refractivity contribution < 1.29 is 0 Å². The summed E-state index contributed by atoms with van der Waals surface area (Å²) in [5, 5.41) is 10.4. The number of nitrogens with one attached hydrogen (secondary N) is 1. The summed E-state index contributed by atoms with van der Waals surface area (Å²) in [6.07, 6.45) is 6.63. The molecule has 0 aromatic carbocycles. The fourth-order valence-electron chi connectivity index (χ4n) is 1.55. The second kappa shape index (κ2) is 4.92. The normalized spacial score (nSPS) is 10.4. The standard InChI is InChI=1S/C11H10N6S/c1-2-9(15-6-10-13-4-5-18-10)11(14-3-1)17-8-12-7-16-17/h1-5,7-8,15H,6H2. The van der Waals surface area contributed by atoms with Crippen molar-refractivity contribution in [2.45, 2.75) is 6.54 Å². The molecule has 0 fully saturated rings. The second-order valence-corrected chi connectivity index (χ2v) is 4.47. The van der Waals surface area contributed by atoms with Crippen LogP contribution < -0.4 is 5.32 Å². The number of anilines is 1. The van der Waals surface area contributed by atoms with Crippen molar-refractivity contribution in [2.75, 3.05) is 5.32 Å². The van der Waals surface area contributed by atoms with Crippen LogP contribution in [0.4, 0.5) is 5.69 Å². The van der Waals surface area contributed by atoms with E-state index in [1.54, 1.807) is 34.7 Å². The fourth-order valence-corrected chi connectivity index (χ4v) is 2.10. The molecule has 1 N–H and O–H groups in total. The topological polar surface area (TPSA) is 68.5 Å². The molecule has 3 rings (SSSR count). The van der Waals surface area contributed by atoms with E-state index in [-0.39, 0.29) is 0 Å². The molecule has 0 aliphatic carbocycles. The smallest absolute Gasteiger partial charge is 0.178 e. The Bertz CT molecular complexity index is 604. The van der Waals surface area contributed by atoms with Crippen LogP contribution in [0.25, 0.3) is 5.82 Å². The second-order valence-electron chi connectivity index (χ2n) is 3.49. The zero-order valence-corrected chi connectivity index (χ0v) is 10.2. The van der Waals surface area contributed by atoms with Gasteiger partial charge in [0.25, 0.3) is 0 Å². The molecule has 0 radical (unpaired) electrons. The Labute approximate surface area is 107 Å². The van der Waals surface area contributed by atoms with E-state index in [1.807, 2.05) is 17.5 Å². The minimum atomic E-state index is 0.672. The highest BCUT2D eigenvalue weighted by Crippen LogP contribution is 2.17. The molecule has 90 valence electrons. The van der Waals surface area contributed by atoms with E-state index in [1.165, 1.54) is 6.33 Å². The maximum atomic E-state index is 4.30. The first-order valence-corrected chi connectivity index (χ1v) is 6.24. The molecule has 7 heteroatoms. The summed E-state index contributed by atoms with van der Waals surface area (Å²) in [6, 6.07) is 3.84. The van der Waals surface area contributed by atoms with Gasteiger partial charge in [-0.2, -0.15) is 5.10 Å². The van der Waals surface area contributed by atoms with Gasteiger partial charge in [0.2, 0.25) is 0 Å². The van der Waals surface area contributed by atoms with E-state index >= 15 is 0 Å². The maximum absolute atomic E-state index is 4.30. The average molecular weight is 258 g/mol. The third-order valence-corrected chi connectivity index (χ3v) is 3.12. The minimum Gasteiger partial charge on any atom is -0.375 e. The van der Waals surface area contributed by atoms with Crippen molar-refractivity contribution in [3.63, 3.8) is 0 Å². The summed E-state index contributed by atoms with van der Waals surface area (Å²) in [6.45, 7) is 0.672. The van der Waals surface area contributed by atoms with Crippen molar-refractivity contribution in [1.82, 2.24) is 24.7 Å². The average Bonchev–Trinajstić information content (AvgIpc) is 3.10. The van der Waals surface area contributed by atoms with Crippen molar-refractivity contribution in [2.24, 2.45) is 0 Å². The highest BCUT2D eigenvalue weighted by molar-refractivity contribution is 7.09. The van der Waals surface area contributed by atoms with E-state index in [9.17, 15) is 0 Å². The van der Waals surface area contributed by atoms with Gasteiger partial charge in [0.15, 0.2) is 5.82 Å². The molecule has 0 spiro atoms. The van der Waals surface area contributed by atoms with Crippen molar-refractivity contribution in [3.8, 4) is 5.82 Å². The van der Waals surface area contributed by atoms with Gasteiger partial charge in [-0.3, -0.25) is 0 Å². The number of rotatable bonds is 4.